The van der Waals surface area contributed by atoms with Crippen molar-refractivity contribution in [3.05, 3.63) is 6.22 Å². The molecule has 22 heteroatoms. The maximum atomic E-state index is 13.3. The first-order valence-corrected chi connectivity index (χ1v) is 5.56. The predicted octanol–water partition coefficient (Wildman–Crippen LogP) is 0.0863. The predicted molar refractivity (Wildman–Crippen MR) is 59.9 cm³/mol. The van der Waals surface area contributed by atoms with Gasteiger partial charge in [0.15, 0.2) is 0 Å². The van der Waals surface area contributed by atoms with Crippen molar-refractivity contribution in [2.75, 3.05) is 0 Å². The fourth-order valence-corrected chi connectivity index (χ4v) is 1.72. The van der Waals surface area contributed by atoms with Crippen LogP contribution in [0.25, 0.3) is 0 Å². The van der Waals surface area contributed by atoms with Crippen LogP contribution in [0.2, 0.25) is 0 Å². The van der Waals surface area contributed by atoms with Crippen LogP contribution in [-0.2, 0) is 0 Å². The van der Waals surface area contributed by atoms with E-state index in [1.807, 2.05) is 0 Å². The van der Waals surface area contributed by atoms with E-state index < -0.39 is 72.7 Å². The van der Waals surface area contributed by atoms with Gasteiger partial charge in [0.2, 0.25) is 0 Å². The molecule has 2 aliphatic heterocycles. The standard InChI is InChI=1S/CB6F10N6/c8-4-18(12)2(19(13)5(9)22(4)16)1-3-20(14)6(10)23(17)7(11)21(3)15. The lowest BCUT2D eigenvalue weighted by atomic mass is 9.43. The van der Waals surface area contributed by atoms with Gasteiger partial charge in [0.05, 0.1) is 0 Å². The van der Waals surface area contributed by atoms with Gasteiger partial charge in [-0.1, -0.05) is 0 Å². The largest absolute Gasteiger partial charge is 0.559 e. The van der Waals surface area contributed by atoms with Crippen LogP contribution in [0.1, 0.15) is 0 Å². The molecule has 0 saturated carbocycles. The van der Waals surface area contributed by atoms with E-state index in [-0.39, 0.29) is 0 Å². The highest BCUT2D eigenvalue weighted by Gasteiger charge is 2.65. The first-order valence-electron chi connectivity index (χ1n) is 5.56. The maximum Gasteiger partial charge on any atom is 0.559 e. The van der Waals surface area contributed by atoms with E-state index in [4.69, 9.17) is 0 Å². The van der Waals surface area contributed by atoms with E-state index in [0.717, 1.165) is 6.22 Å². The van der Waals surface area contributed by atoms with E-state index in [0.29, 0.717) is 0 Å². The number of rotatable bonds is 2. The zero-order valence-corrected chi connectivity index (χ0v) is 10.4. The topological polar surface area (TPSA) is 19.4 Å². The van der Waals surface area contributed by atoms with E-state index in [9.17, 15) is 44.2 Å². The quantitative estimate of drug-likeness (QED) is 0.396. The Morgan fingerprint density at radius 2 is 0.652 bits per heavy atom. The van der Waals surface area contributed by atoms with Gasteiger partial charge in [0.1, 0.15) is 0 Å². The number of halogens is 10. The smallest absolute Gasteiger partial charge is 0.284 e. The van der Waals surface area contributed by atoms with E-state index in [2.05, 4.69) is 0 Å². The summed E-state index contributed by atoms with van der Waals surface area (Å²) in [7, 11) is -14.2. The van der Waals surface area contributed by atoms with Crippen molar-refractivity contribution in [1.29, 1.82) is 0 Å². The summed E-state index contributed by atoms with van der Waals surface area (Å²) >= 11 is 0. The van der Waals surface area contributed by atoms with Gasteiger partial charge in [-0.25, -0.2) is 0 Å². The molecule has 6 nitrogen and oxygen atoms in total. The third kappa shape index (κ3) is 3.07. The number of nitrogens with zero attached hydrogens (tertiary/aromatic N) is 6. The first kappa shape index (κ1) is 18.8. The third-order valence-electron chi connectivity index (χ3n) is 2.86. The second-order valence-corrected chi connectivity index (χ2v) is 4.22. The monoisotopic (exact) mass is 352 g/mol. The highest BCUT2D eigenvalue weighted by Crippen LogP contribution is 2.28. The maximum absolute atomic E-state index is 13.3. The van der Waals surface area contributed by atoms with Crippen LogP contribution in [0.15, 0.2) is 0 Å². The van der Waals surface area contributed by atoms with Crippen molar-refractivity contribution in [1.82, 2.24) is 29.7 Å². The second-order valence-electron chi connectivity index (χ2n) is 4.22. The molecule has 0 unspecified atom stereocenters. The molecule has 23 heavy (non-hydrogen) atoms. The van der Waals surface area contributed by atoms with Crippen molar-refractivity contribution in [2.45, 2.75) is 0 Å². The van der Waals surface area contributed by atoms with Crippen molar-refractivity contribution in [2.24, 2.45) is 0 Å². The Kier molecular flexibility index (Phi) is 5.51. The first-order chi connectivity index (χ1) is 10.6. The summed E-state index contributed by atoms with van der Waals surface area (Å²) in [5, 5.41) is 0. The lowest BCUT2D eigenvalue weighted by Gasteiger charge is -2.39. The molecule has 0 amide bonds. The minimum absolute atomic E-state index is 1.08. The molecule has 2 heterocycles. The summed E-state index contributed by atoms with van der Waals surface area (Å²) in [4.78, 5) is -8.89. The molecule has 2 aliphatic rings. The molecule has 0 aromatic rings. The van der Waals surface area contributed by atoms with Crippen molar-refractivity contribution < 1.29 is 44.2 Å². The summed E-state index contributed by atoms with van der Waals surface area (Å²) in [6.45, 7) is -6.11. The van der Waals surface area contributed by atoms with Gasteiger partial charge in [-0.05, 0) is 6.22 Å². The summed E-state index contributed by atoms with van der Waals surface area (Å²) in [6, 6.07) is 0. The molecule has 0 N–H and O–H groups in total. The van der Waals surface area contributed by atoms with Gasteiger partial charge in [-0.2, -0.15) is 46.7 Å². The molecule has 0 bridgehead atoms. The Hall–Kier alpha value is -0.550. The molecule has 0 atom stereocenters. The Morgan fingerprint density at radius 3 is 0.870 bits per heavy atom. The lowest BCUT2D eigenvalue weighted by molar-refractivity contribution is 0.0602. The Morgan fingerprint density at radius 1 is 0.435 bits per heavy atom. The van der Waals surface area contributed by atoms with Gasteiger partial charge < -0.3 is 0 Å². The van der Waals surface area contributed by atoms with Gasteiger partial charge >= 0.3 is 43.0 Å². The second kappa shape index (κ2) is 6.75. The van der Waals surface area contributed by atoms with Gasteiger partial charge in [0, 0.05) is 0 Å². The minimum atomic E-state index is -3.56. The average molecular weight is 351 g/mol. The van der Waals surface area contributed by atoms with Gasteiger partial charge in [-0.15, -0.1) is 9.89 Å². The van der Waals surface area contributed by atoms with Crippen molar-refractivity contribution in [3.63, 3.8) is 0 Å². The summed E-state index contributed by atoms with van der Waals surface area (Å²) in [5.41, 5.74) is 0. The molecular formula is CB6F10N6. The molecule has 2 fully saturated rings. The Balaban J connectivity index is 2.19. The SMILES string of the molecule is FB1N(F)B(F)N(F)B([C]B2N(F)B(F)N(F)B(F)N2F)N1F. The van der Waals surface area contributed by atoms with Crippen molar-refractivity contribution in [3.8, 4) is 0 Å². The van der Waals surface area contributed by atoms with Crippen LogP contribution in [0.5, 0.6) is 0 Å². The molecule has 0 aliphatic carbocycles. The molecule has 0 aromatic carbocycles. The molecular weight excluding hydrogens is 351 g/mol. The van der Waals surface area contributed by atoms with Crippen LogP contribution in [0.3, 0.4) is 0 Å². The molecule has 2 rings (SSSR count). The van der Waals surface area contributed by atoms with E-state index in [1.54, 1.807) is 0 Å². The molecule has 2 radical (unpaired) electrons. The summed E-state index contributed by atoms with van der Waals surface area (Å²) in [5.74, 6) is 0. The fourth-order valence-electron chi connectivity index (χ4n) is 1.72. The van der Waals surface area contributed by atoms with Gasteiger partial charge in [0.25, 0.3) is 0 Å². The lowest BCUT2D eigenvalue weighted by Crippen LogP contribution is -2.75. The number of hydrogen-bond donors (Lipinski definition) is 0. The van der Waals surface area contributed by atoms with Gasteiger partial charge in [-0.3, -0.25) is 17.3 Å². The number of hydrogen-bond acceptors (Lipinski definition) is 6. The van der Waals surface area contributed by atoms with Crippen LogP contribution in [0.4, 0.5) is 44.2 Å². The zero-order chi connectivity index (χ0) is 17.6. The molecule has 0 aromatic heterocycles. The third-order valence-corrected chi connectivity index (χ3v) is 2.86. The van der Waals surface area contributed by atoms with Crippen LogP contribution < -0.4 is 0 Å². The molecule has 122 valence electrons. The van der Waals surface area contributed by atoms with E-state index in [1.165, 1.54) is 0 Å². The molecule has 2 saturated heterocycles. The Bertz CT molecular complexity index is 357. The highest BCUT2D eigenvalue weighted by molar-refractivity contribution is 6.93. The average Bonchev–Trinajstić information content (AvgIpc) is 2.54. The minimum Gasteiger partial charge on any atom is -0.284 e. The van der Waals surface area contributed by atoms with Crippen LogP contribution >= 0.6 is 0 Å². The Labute approximate surface area is 124 Å². The van der Waals surface area contributed by atoms with Crippen LogP contribution in [-0.4, -0.2) is 72.7 Å². The summed E-state index contributed by atoms with van der Waals surface area (Å²) in [6.07, 6.45) is 1.08. The molecule has 0 spiro atoms. The van der Waals surface area contributed by atoms with E-state index >= 15 is 0 Å². The highest BCUT2D eigenvalue weighted by atomic mass is 19.2. The zero-order valence-electron chi connectivity index (χ0n) is 10.4. The normalized spacial score (nSPS) is 25.3. The summed E-state index contributed by atoms with van der Waals surface area (Å²) < 4.78 is 131. The van der Waals surface area contributed by atoms with Crippen LogP contribution in [0, 0.1) is 6.22 Å². The fraction of sp³-hybridized carbons (Fsp3) is 0. The van der Waals surface area contributed by atoms with Crippen molar-refractivity contribution >= 4 is 43.0 Å².